The summed E-state index contributed by atoms with van der Waals surface area (Å²) in [5.74, 6) is 3.38. The first-order chi connectivity index (χ1) is 14.2. The highest BCUT2D eigenvalue weighted by Gasteiger charge is 2.69. The summed E-state index contributed by atoms with van der Waals surface area (Å²) in [6.45, 7) is 20.7. The Balaban J connectivity index is 1.52. The molecule has 0 aromatic heterocycles. The number of aliphatic hydroxyl groups excluding tert-OH is 1. The van der Waals surface area contributed by atoms with Gasteiger partial charge in [0.05, 0.1) is 6.10 Å². The molecule has 0 aromatic carbocycles. The van der Waals surface area contributed by atoms with Gasteiger partial charge in [0.2, 0.25) is 0 Å². The third-order valence-corrected chi connectivity index (χ3v) is 13.7. The predicted octanol–water partition coefficient (Wildman–Crippen LogP) is 8.25. The summed E-state index contributed by atoms with van der Waals surface area (Å²) in [4.78, 5) is 0. The Hall–Kier alpha value is -0.0400. The Labute approximate surface area is 193 Å². The monoisotopic (exact) mass is 428 g/mol. The molecule has 5 aliphatic carbocycles. The molecule has 5 rings (SSSR count). The van der Waals surface area contributed by atoms with Gasteiger partial charge in [-0.1, -0.05) is 55.4 Å². The number of hydrogen-bond donors (Lipinski definition) is 1. The molecule has 5 aliphatic rings. The van der Waals surface area contributed by atoms with Gasteiger partial charge in [-0.2, -0.15) is 0 Å². The summed E-state index contributed by atoms with van der Waals surface area (Å²) in [6.07, 6.45) is 15.1. The van der Waals surface area contributed by atoms with E-state index >= 15 is 0 Å². The van der Waals surface area contributed by atoms with Crippen molar-refractivity contribution in [2.45, 2.75) is 132 Å². The zero-order valence-corrected chi connectivity index (χ0v) is 22.1. The first kappa shape index (κ1) is 22.7. The van der Waals surface area contributed by atoms with Crippen molar-refractivity contribution < 1.29 is 5.11 Å². The maximum absolute atomic E-state index is 10.9. The molecule has 2 unspecified atom stereocenters. The summed E-state index contributed by atoms with van der Waals surface area (Å²) >= 11 is 0. The molecule has 0 radical (unpaired) electrons. The van der Waals surface area contributed by atoms with Crippen LogP contribution in [-0.2, 0) is 0 Å². The van der Waals surface area contributed by atoms with E-state index in [0.717, 1.165) is 24.2 Å². The molecule has 0 spiro atoms. The van der Waals surface area contributed by atoms with Crippen LogP contribution >= 0.6 is 0 Å². The van der Waals surface area contributed by atoms with Gasteiger partial charge < -0.3 is 5.11 Å². The highest BCUT2D eigenvalue weighted by atomic mass is 16.3. The minimum Gasteiger partial charge on any atom is -0.393 e. The molecule has 0 heterocycles. The minimum absolute atomic E-state index is 0.0740. The van der Waals surface area contributed by atoms with Gasteiger partial charge in [0.1, 0.15) is 0 Å². The van der Waals surface area contributed by atoms with Gasteiger partial charge in [-0.05, 0) is 127 Å². The van der Waals surface area contributed by atoms with E-state index in [1.807, 2.05) is 0 Å². The summed E-state index contributed by atoms with van der Waals surface area (Å²) in [5, 5.41) is 10.9. The van der Waals surface area contributed by atoms with Crippen molar-refractivity contribution in [1.29, 1.82) is 0 Å². The molecule has 5 fully saturated rings. The number of aliphatic hydroxyl groups is 1. The van der Waals surface area contributed by atoms with E-state index in [4.69, 9.17) is 0 Å². The van der Waals surface area contributed by atoms with Crippen molar-refractivity contribution in [3.63, 3.8) is 0 Å². The average Bonchev–Trinajstić information content (AvgIpc) is 2.67. The van der Waals surface area contributed by atoms with Gasteiger partial charge in [-0.3, -0.25) is 0 Å². The lowest BCUT2D eigenvalue weighted by atomic mass is 9.31. The molecule has 1 heteroatoms. The molecule has 1 N–H and O–H groups in total. The van der Waals surface area contributed by atoms with E-state index < -0.39 is 0 Å². The highest BCUT2D eigenvalue weighted by Crippen LogP contribution is 2.76. The van der Waals surface area contributed by atoms with Crippen LogP contribution in [0.3, 0.4) is 0 Å². The Morgan fingerprint density at radius 2 is 1.26 bits per heavy atom. The Morgan fingerprint density at radius 3 is 1.97 bits per heavy atom. The number of rotatable bonds is 0. The number of hydrogen-bond acceptors (Lipinski definition) is 1. The molecule has 0 aromatic rings. The van der Waals surface area contributed by atoms with E-state index in [0.29, 0.717) is 33.0 Å². The van der Waals surface area contributed by atoms with Crippen molar-refractivity contribution >= 4 is 0 Å². The van der Waals surface area contributed by atoms with Crippen molar-refractivity contribution in [3.8, 4) is 0 Å². The molecule has 0 aliphatic heterocycles. The molecule has 0 amide bonds. The van der Waals surface area contributed by atoms with Gasteiger partial charge in [-0.25, -0.2) is 0 Å². The molecule has 0 bridgehead atoms. The summed E-state index contributed by atoms with van der Waals surface area (Å²) in [5.41, 5.74) is 2.60. The Kier molecular flexibility index (Phi) is 4.80. The van der Waals surface area contributed by atoms with Gasteiger partial charge in [-0.15, -0.1) is 0 Å². The summed E-state index contributed by atoms with van der Waals surface area (Å²) in [6, 6.07) is 0. The van der Waals surface area contributed by atoms with Gasteiger partial charge >= 0.3 is 0 Å². The molecule has 1 nitrogen and oxygen atoms in total. The lowest BCUT2D eigenvalue weighted by Crippen LogP contribution is -2.67. The van der Waals surface area contributed by atoms with E-state index in [2.05, 4.69) is 55.4 Å². The van der Waals surface area contributed by atoms with Crippen LogP contribution < -0.4 is 0 Å². The fourth-order valence-electron chi connectivity index (χ4n) is 11.3. The minimum atomic E-state index is -0.110. The third-order valence-electron chi connectivity index (χ3n) is 13.7. The lowest BCUT2D eigenvalue weighted by Gasteiger charge is -2.73. The van der Waals surface area contributed by atoms with E-state index in [-0.39, 0.29) is 11.5 Å². The van der Waals surface area contributed by atoms with Crippen LogP contribution in [-0.4, -0.2) is 11.2 Å². The van der Waals surface area contributed by atoms with Crippen LogP contribution in [0.1, 0.15) is 126 Å². The maximum atomic E-state index is 10.9. The van der Waals surface area contributed by atoms with Gasteiger partial charge in [0.15, 0.2) is 0 Å². The van der Waals surface area contributed by atoms with Crippen molar-refractivity contribution in [2.75, 3.05) is 0 Å². The van der Waals surface area contributed by atoms with Crippen LogP contribution in [0.25, 0.3) is 0 Å². The number of fused-ring (bicyclic) bond motifs is 7. The molecule has 31 heavy (non-hydrogen) atoms. The lowest BCUT2D eigenvalue weighted by molar-refractivity contribution is -0.253. The standard InChI is InChI=1S/C30H52O/c1-25(2)15-16-27(5)17-18-29(7)20(21(27)19-25)9-10-23-28(6)13-12-24(31)26(3,4)22(28)11-14-30(23,29)8/h20-24,31H,9-19H2,1-8H3/t20-,21-,22?,23-,24?,27-,28+,29-,30-/m1/s1. The summed E-state index contributed by atoms with van der Waals surface area (Å²) in [7, 11) is 0. The highest BCUT2D eigenvalue weighted by molar-refractivity contribution is 5.18. The smallest absolute Gasteiger partial charge is 0.0594 e. The van der Waals surface area contributed by atoms with Crippen LogP contribution in [0.15, 0.2) is 0 Å². The fourth-order valence-corrected chi connectivity index (χ4v) is 11.3. The first-order valence-corrected chi connectivity index (χ1v) is 13.9. The van der Waals surface area contributed by atoms with E-state index in [1.165, 1.54) is 64.2 Å². The molecule has 178 valence electrons. The van der Waals surface area contributed by atoms with Gasteiger partial charge in [0, 0.05) is 0 Å². The van der Waals surface area contributed by atoms with Gasteiger partial charge in [0.25, 0.3) is 0 Å². The van der Waals surface area contributed by atoms with Crippen LogP contribution in [0.4, 0.5) is 0 Å². The fraction of sp³-hybridized carbons (Fsp3) is 1.00. The topological polar surface area (TPSA) is 20.2 Å². The van der Waals surface area contributed by atoms with E-state index in [9.17, 15) is 5.11 Å². The molecule has 9 atom stereocenters. The van der Waals surface area contributed by atoms with E-state index in [1.54, 1.807) is 0 Å². The zero-order chi connectivity index (χ0) is 22.7. The van der Waals surface area contributed by atoms with Crippen molar-refractivity contribution in [2.24, 2.45) is 56.2 Å². The molecular weight excluding hydrogens is 376 g/mol. The van der Waals surface area contributed by atoms with Crippen LogP contribution in [0.2, 0.25) is 0 Å². The largest absolute Gasteiger partial charge is 0.393 e. The third kappa shape index (κ3) is 2.83. The quantitative estimate of drug-likeness (QED) is 0.412. The normalized spacial score (nSPS) is 57.8. The summed E-state index contributed by atoms with van der Waals surface area (Å²) < 4.78 is 0. The van der Waals surface area contributed by atoms with Crippen molar-refractivity contribution in [3.05, 3.63) is 0 Å². The van der Waals surface area contributed by atoms with Crippen LogP contribution in [0.5, 0.6) is 0 Å². The molecular formula is C30H52O. The SMILES string of the molecule is CC1(C)CC[C@]2(C)CC[C@]3(C)[C@H](CC[C@@H]4[C@@]5(C)CCC(O)C(C)(C)C5CC[C@]43C)[C@H]2C1. The second-order valence-electron chi connectivity index (χ2n) is 15.7. The molecule has 0 saturated heterocycles. The predicted molar refractivity (Wildman–Crippen MR) is 131 cm³/mol. The Bertz CT molecular complexity index is 737. The maximum Gasteiger partial charge on any atom is 0.0594 e. The van der Waals surface area contributed by atoms with Crippen LogP contribution in [0, 0.1) is 56.2 Å². The Morgan fingerprint density at radius 1 is 0.581 bits per heavy atom. The molecule has 5 saturated carbocycles. The second kappa shape index (κ2) is 6.55. The van der Waals surface area contributed by atoms with Crippen molar-refractivity contribution in [1.82, 2.24) is 0 Å². The second-order valence-corrected chi connectivity index (χ2v) is 15.7. The first-order valence-electron chi connectivity index (χ1n) is 13.9. The zero-order valence-electron chi connectivity index (χ0n) is 22.1. The average molecular weight is 429 g/mol.